The lowest BCUT2D eigenvalue weighted by atomic mass is 10.3. The van der Waals surface area contributed by atoms with Crippen molar-refractivity contribution in [1.29, 1.82) is 0 Å². The van der Waals surface area contributed by atoms with Gasteiger partial charge in [0.1, 0.15) is 0 Å². The average Bonchev–Trinajstić information content (AvgIpc) is 3.05. The van der Waals surface area contributed by atoms with Crippen LogP contribution in [0.4, 0.5) is 0 Å². The molecule has 0 amide bonds. The maximum absolute atomic E-state index is 5.00. The Kier molecular flexibility index (Phi) is 6.98. The van der Waals surface area contributed by atoms with Crippen molar-refractivity contribution < 1.29 is 4.74 Å². The summed E-state index contributed by atoms with van der Waals surface area (Å²) in [4.78, 5) is 2.56. The molecule has 0 atom stereocenters. The molecule has 0 aliphatic heterocycles. The van der Waals surface area contributed by atoms with Crippen LogP contribution in [0.3, 0.4) is 0 Å². The minimum absolute atomic E-state index is 0.868. The van der Waals surface area contributed by atoms with E-state index in [0.717, 1.165) is 32.0 Å². The molecule has 90 valence electrons. The van der Waals surface area contributed by atoms with Crippen LogP contribution in [0.25, 0.3) is 0 Å². The highest BCUT2D eigenvalue weighted by Crippen LogP contribution is 2.29. The zero-order chi connectivity index (χ0) is 10.9. The third kappa shape index (κ3) is 6.88. The van der Waals surface area contributed by atoms with Crippen molar-refractivity contribution in [2.45, 2.75) is 26.2 Å². The quantitative estimate of drug-likeness (QED) is 0.556. The molecule has 1 fully saturated rings. The van der Waals surface area contributed by atoms with Gasteiger partial charge in [0, 0.05) is 33.4 Å². The van der Waals surface area contributed by atoms with Crippen molar-refractivity contribution in [3.05, 3.63) is 0 Å². The van der Waals surface area contributed by atoms with E-state index in [2.05, 4.69) is 17.1 Å². The molecule has 1 rings (SSSR count). The van der Waals surface area contributed by atoms with Gasteiger partial charge in [-0.1, -0.05) is 6.92 Å². The lowest BCUT2D eigenvalue weighted by Gasteiger charge is -2.20. The third-order valence-electron chi connectivity index (χ3n) is 2.97. The molecule has 3 heteroatoms. The van der Waals surface area contributed by atoms with Crippen molar-refractivity contribution in [2.24, 2.45) is 5.92 Å². The Balaban J connectivity index is 1.87. The van der Waals surface area contributed by atoms with Crippen LogP contribution in [0, 0.1) is 5.92 Å². The molecule has 0 saturated heterocycles. The largest absolute Gasteiger partial charge is 0.385 e. The lowest BCUT2D eigenvalue weighted by molar-refractivity contribution is 0.193. The molecular weight excluding hydrogens is 188 g/mol. The molecule has 1 saturated carbocycles. The van der Waals surface area contributed by atoms with Gasteiger partial charge in [-0.15, -0.1) is 0 Å². The van der Waals surface area contributed by atoms with Gasteiger partial charge in [-0.2, -0.15) is 0 Å². The van der Waals surface area contributed by atoms with E-state index in [1.807, 2.05) is 0 Å². The summed E-state index contributed by atoms with van der Waals surface area (Å²) >= 11 is 0. The summed E-state index contributed by atoms with van der Waals surface area (Å²) in [5.74, 6) is 1.01. The molecule has 0 aromatic rings. The maximum Gasteiger partial charge on any atom is 0.0474 e. The fraction of sp³-hybridized carbons (Fsp3) is 1.00. The summed E-state index contributed by atoms with van der Waals surface area (Å²) in [6.45, 7) is 9.02. The van der Waals surface area contributed by atoms with Crippen LogP contribution in [0.1, 0.15) is 26.2 Å². The van der Waals surface area contributed by atoms with Crippen molar-refractivity contribution in [1.82, 2.24) is 10.2 Å². The van der Waals surface area contributed by atoms with E-state index in [0.29, 0.717) is 0 Å². The SMILES string of the molecule is CCN(CCNCCCOC)CC1CC1. The fourth-order valence-corrected chi connectivity index (χ4v) is 1.75. The van der Waals surface area contributed by atoms with E-state index in [4.69, 9.17) is 4.74 Å². The average molecular weight is 214 g/mol. The van der Waals surface area contributed by atoms with Gasteiger partial charge in [-0.25, -0.2) is 0 Å². The molecule has 0 radical (unpaired) electrons. The molecule has 0 heterocycles. The number of methoxy groups -OCH3 is 1. The number of nitrogens with zero attached hydrogens (tertiary/aromatic N) is 1. The first-order valence-corrected chi connectivity index (χ1v) is 6.28. The molecule has 1 aliphatic rings. The van der Waals surface area contributed by atoms with Crippen molar-refractivity contribution in [2.75, 3.05) is 46.4 Å². The highest BCUT2D eigenvalue weighted by atomic mass is 16.5. The first-order valence-electron chi connectivity index (χ1n) is 6.28. The van der Waals surface area contributed by atoms with E-state index in [-0.39, 0.29) is 0 Å². The second kappa shape index (κ2) is 8.08. The standard InChI is InChI=1S/C12H26N2O/c1-3-14(11-12-5-6-12)9-8-13-7-4-10-15-2/h12-13H,3-11H2,1-2H3. The summed E-state index contributed by atoms with van der Waals surface area (Å²) in [6, 6.07) is 0. The third-order valence-corrected chi connectivity index (χ3v) is 2.97. The first-order chi connectivity index (χ1) is 7.36. The minimum Gasteiger partial charge on any atom is -0.385 e. The van der Waals surface area contributed by atoms with Gasteiger partial charge >= 0.3 is 0 Å². The van der Waals surface area contributed by atoms with Gasteiger partial charge in [-0.05, 0) is 38.3 Å². The van der Waals surface area contributed by atoms with Crippen LogP contribution < -0.4 is 5.32 Å². The topological polar surface area (TPSA) is 24.5 Å². The van der Waals surface area contributed by atoms with Crippen LogP contribution >= 0.6 is 0 Å². The van der Waals surface area contributed by atoms with E-state index in [9.17, 15) is 0 Å². The molecule has 0 spiro atoms. The zero-order valence-corrected chi connectivity index (χ0v) is 10.3. The molecule has 1 aliphatic carbocycles. The monoisotopic (exact) mass is 214 g/mol. The highest BCUT2D eigenvalue weighted by Gasteiger charge is 2.23. The number of likely N-dealkylation sites (N-methyl/N-ethyl adjacent to an activating group) is 1. The summed E-state index contributed by atoms with van der Waals surface area (Å²) < 4.78 is 5.00. The normalized spacial score (nSPS) is 16.2. The second-order valence-corrected chi connectivity index (χ2v) is 4.43. The minimum atomic E-state index is 0.868. The fourth-order valence-electron chi connectivity index (χ4n) is 1.75. The van der Waals surface area contributed by atoms with Crippen molar-refractivity contribution in [3.8, 4) is 0 Å². The second-order valence-electron chi connectivity index (χ2n) is 4.43. The van der Waals surface area contributed by atoms with Gasteiger partial charge in [0.2, 0.25) is 0 Å². The maximum atomic E-state index is 5.00. The van der Waals surface area contributed by atoms with Gasteiger partial charge in [0.05, 0.1) is 0 Å². The van der Waals surface area contributed by atoms with E-state index < -0.39 is 0 Å². The summed E-state index contributed by atoms with van der Waals surface area (Å²) in [7, 11) is 1.76. The Morgan fingerprint density at radius 3 is 2.73 bits per heavy atom. The molecule has 1 N–H and O–H groups in total. The van der Waals surface area contributed by atoms with Crippen molar-refractivity contribution in [3.63, 3.8) is 0 Å². The van der Waals surface area contributed by atoms with Gasteiger partial charge in [-0.3, -0.25) is 0 Å². The Morgan fingerprint density at radius 2 is 2.13 bits per heavy atom. The van der Waals surface area contributed by atoms with Crippen LogP contribution in [0.5, 0.6) is 0 Å². The number of hydrogen-bond donors (Lipinski definition) is 1. The molecule has 0 unspecified atom stereocenters. The van der Waals surface area contributed by atoms with Crippen LogP contribution in [0.2, 0.25) is 0 Å². The predicted molar refractivity (Wildman–Crippen MR) is 64.2 cm³/mol. The molecule has 0 bridgehead atoms. The molecule has 3 nitrogen and oxygen atoms in total. The van der Waals surface area contributed by atoms with Crippen LogP contribution in [-0.2, 0) is 4.74 Å². The number of ether oxygens (including phenoxy) is 1. The first kappa shape index (κ1) is 12.9. The van der Waals surface area contributed by atoms with Crippen LogP contribution in [0.15, 0.2) is 0 Å². The molecule has 15 heavy (non-hydrogen) atoms. The van der Waals surface area contributed by atoms with Gasteiger partial charge < -0.3 is 15.0 Å². The molecule has 0 aromatic heterocycles. The Hall–Kier alpha value is -0.120. The number of nitrogens with one attached hydrogen (secondary N) is 1. The predicted octanol–water partition coefficient (Wildman–Crippen LogP) is 1.34. The number of hydrogen-bond acceptors (Lipinski definition) is 3. The Labute approximate surface area is 94.2 Å². The van der Waals surface area contributed by atoms with Crippen molar-refractivity contribution >= 4 is 0 Å². The van der Waals surface area contributed by atoms with E-state index in [1.54, 1.807) is 7.11 Å². The van der Waals surface area contributed by atoms with Gasteiger partial charge in [0.25, 0.3) is 0 Å². The molecular formula is C12H26N2O. The highest BCUT2D eigenvalue weighted by molar-refractivity contribution is 4.77. The summed E-state index contributed by atoms with van der Waals surface area (Å²) in [5.41, 5.74) is 0. The Morgan fingerprint density at radius 1 is 1.33 bits per heavy atom. The lowest BCUT2D eigenvalue weighted by Crippen LogP contribution is -2.34. The number of rotatable bonds is 10. The van der Waals surface area contributed by atoms with E-state index >= 15 is 0 Å². The summed E-state index contributed by atoms with van der Waals surface area (Å²) in [6.07, 6.45) is 4.03. The van der Waals surface area contributed by atoms with Crippen LogP contribution in [-0.4, -0.2) is 51.3 Å². The molecule has 0 aromatic carbocycles. The smallest absolute Gasteiger partial charge is 0.0474 e. The summed E-state index contributed by atoms with van der Waals surface area (Å²) in [5, 5.41) is 3.46. The van der Waals surface area contributed by atoms with Gasteiger partial charge in [0.15, 0.2) is 0 Å². The Bertz CT molecular complexity index is 149. The zero-order valence-electron chi connectivity index (χ0n) is 10.3. The van der Waals surface area contributed by atoms with E-state index in [1.165, 1.54) is 32.5 Å².